The molecule has 1 aromatic rings. The summed E-state index contributed by atoms with van der Waals surface area (Å²) in [6.45, 7) is 7.68. The first kappa shape index (κ1) is 15.5. The Morgan fingerprint density at radius 2 is 2.06 bits per heavy atom. The second-order valence-corrected chi connectivity index (χ2v) is 5.60. The van der Waals surface area contributed by atoms with Crippen LogP contribution in [0.4, 0.5) is 0 Å². The quantitative estimate of drug-likeness (QED) is 0.797. The first-order valence-corrected chi connectivity index (χ1v) is 7.48. The SMILES string of the molecule is CCNC(CC(C)CC)c1cc(OC)ccc1Br. The Morgan fingerprint density at radius 1 is 1.33 bits per heavy atom. The Balaban J connectivity index is 2.96. The van der Waals surface area contributed by atoms with Crippen LogP contribution in [0.3, 0.4) is 0 Å². The molecule has 102 valence electrons. The molecule has 0 saturated heterocycles. The maximum Gasteiger partial charge on any atom is 0.119 e. The summed E-state index contributed by atoms with van der Waals surface area (Å²) in [5.74, 6) is 1.63. The molecule has 0 spiro atoms. The van der Waals surface area contributed by atoms with Crippen LogP contribution in [0.5, 0.6) is 5.75 Å². The third-order valence-corrected chi connectivity index (χ3v) is 4.09. The van der Waals surface area contributed by atoms with Crippen LogP contribution >= 0.6 is 15.9 Å². The van der Waals surface area contributed by atoms with Gasteiger partial charge in [0.2, 0.25) is 0 Å². The van der Waals surface area contributed by atoms with Crippen LogP contribution in [0.15, 0.2) is 22.7 Å². The minimum Gasteiger partial charge on any atom is -0.497 e. The summed E-state index contributed by atoms with van der Waals surface area (Å²) in [6.07, 6.45) is 2.36. The summed E-state index contributed by atoms with van der Waals surface area (Å²) in [4.78, 5) is 0. The second-order valence-electron chi connectivity index (χ2n) is 4.75. The maximum absolute atomic E-state index is 5.32. The van der Waals surface area contributed by atoms with Crippen LogP contribution in [0, 0.1) is 5.92 Å². The molecule has 1 rings (SSSR count). The van der Waals surface area contributed by atoms with Crippen molar-refractivity contribution >= 4 is 15.9 Å². The zero-order chi connectivity index (χ0) is 13.5. The van der Waals surface area contributed by atoms with Crippen LogP contribution < -0.4 is 10.1 Å². The Labute approximate surface area is 119 Å². The van der Waals surface area contributed by atoms with Gasteiger partial charge < -0.3 is 10.1 Å². The zero-order valence-corrected chi connectivity index (χ0v) is 13.4. The molecule has 0 amide bonds. The van der Waals surface area contributed by atoms with Gasteiger partial charge in [-0.25, -0.2) is 0 Å². The molecule has 1 aromatic carbocycles. The molecule has 2 atom stereocenters. The highest BCUT2D eigenvalue weighted by atomic mass is 79.9. The number of rotatable bonds is 7. The van der Waals surface area contributed by atoms with E-state index in [1.807, 2.05) is 6.07 Å². The number of ether oxygens (including phenoxy) is 1. The summed E-state index contributed by atoms with van der Waals surface area (Å²) in [6, 6.07) is 6.56. The minimum atomic E-state index is 0.384. The molecular formula is C15H24BrNO. The van der Waals surface area contributed by atoms with E-state index in [1.165, 1.54) is 12.0 Å². The van der Waals surface area contributed by atoms with Crippen molar-refractivity contribution in [1.82, 2.24) is 5.32 Å². The van der Waals surface area contributed by atoms with Gasteiger partial charge in [-0.15, -0.1) is 0 Å². The van der Waals surface area contributed by atoms with Gasteiger partial charge in [-0.3, -0.25) is 0 Å². The molecule has 1 N–H and O–H groups in total. The van der Waals surface area contributed by atoms with E-state index in [4.69, 9.17) is 4.74 Å². The Bertz CT molecular complexity index is 368. The summed E-state index contributed by atoms with van der Waals surface area (Å²) in [7, 11) is 1.71. The van der Waals surface area contributed by atoms with Crippen molar-refractivity contribution in [1.29, 1.82) is 0 Å². The van der Waals surface area contributed by atoms with E-state index in [1.54, 1.807) is 7.11 Å². The van der Waals surface area contributed by atoms with E-state index in [0.29, 0.717) is 12.0 Å². The van der Waals surface area contributed by atoms with Crippen molar-refractivity contribution in [3.8, 4) is 5.75 Å². The van der Waals surface area contributed by atoms with E-state index in [0.717, 1.165) is 23.2 Å². The van der Waals surface area contributed by atoms with Crippen molar-refractivity contribution in [2.45, 2.75) is 39.7 Å². The van der Waals surface area contributed by atoms with E-state index >= 15 is 0 Å². The van der Waals surface area contributed by atoms with Gasteiger partial charge in [0.15, 0.2) is 0 Å². The monoisotopic (exact) mass is 313 g/mol. The van der Waals surface area contributed by atoms with Crippen molar-refractivity contribution in [2.24, 2.45) is 5.92 Å². The summed E-state index contributed by atoms with van der Waals surface area (Å²) < 4.78 is 6.47. The molecular weight excluding hydrogens is 290 g/mol. The summed E-state index contributed by atoms with van der Waals surface area (Å²) >= 11 is 3.65. The smallest absolute Gasteiger partial charge is 0.119 e. The number of halogens is 1. The molecule has 2 unspecified atom stereocenters. The highest BCUT2D eigenvalue weighted by molar-refractivity contribution is 9.10. The average molecular weight is 314 g/mol. The highest BCUT2D eigenvalue weighted by Crippen LogP contribution is 2.31. The normalized spacial score (nSPS) is 14.3. The van der Waals surface area contributed by atoms with Crippen LogP contribution in [-0.4, -0.2) is 13.7 Å². The van der Waals surface area contributed by atoms with Gasteiger partial charge in [0, 0.05) is 10.5 Å². The van der Waals surface area contributed by atoms with Crippen LogP contribution in [0.2, 0.25) is 0 Å². The van der Waals surface area contributed by atoms with E-state index < -0.39 is 0 Å². The lowest BCUT2D eigenvalue weighted by Gasteiger charge is -2.23. The standard InChI is InChI=1S/C15H24BrNO/c1-5-11(3)9-15(17-6-2)13-10-12(18-4)7-8-14(13)16/h7-8,10-11,15,17H,5-6,9H2,1-4H3. The van der Waals surface area contributed by atoms with Gasteiger partial charge >= 0.3 is 0 Å². The first-order valence-electron chi connectivity index (χ1n) is 6.69. The third-order valence-electron chi connectivity index (χ3n) is 3.36. The largest absolute Gasteiger partial charge is 0.497 e. The number of nitrogens with one attached hydrogen (secondary N) is 1. The zero-order valence-electron chi connectivity index (χ0n) is 11.8. The average Bonchev–Trinajstić information content (AvgIpc) is 2.38. The third kappa shape index (κ3) is 4.29. The Morgan fingerprint density at radius 3 is 2.61 bits per heavy atom. The van der Waals surface area contributed by atoms with E-state index in [9.17, 15) is 0 Å². The molecule has 2 nitrogen and oxygen atoms in total. The van der Waals surface area contributed by atoms with E-state index in [2.05, 4.69) is 54.2 Å². The number of benzene rings is 1. The first-order chi connectivity index (χ1) is 8.62. The minimum absolute atomic E-state index is 0.384. The van der Waals surface area contributed by atoms with Crippen molar-refractivity contribution in [2.75, 3.05) is 13.7 Å². The second kappa shape index (κ2) is 7.80. The van der Waals surface area contributed by atoms with Crippen LogP contribution in [-0.2, 0) is 0 Å². The van der Waals surface area contributed by atoms with Gasteiger partial charge in [0.25, 0.3) is 0 Å². The van der Waals surface area contributed by atoms with Crippen molar-refractivity contribution < 1.29 is 4.74 Å². The maximum atomic E-state index is 5.32. The molecule has 0 heterocycles. The molecule has 3 heteroatoms. The van der Waals surface area contributed by atoms with Gasteiger partial charge in [0.1, 0.15) is 5.75 Å². The van der Waals surface area contributed by atoms with Crippen LogP contribution in [0.25, 0.3) is 0 Å². The van der Waals surface area contributed by atoms with E-state index in [-0.39, 0.29) is 0 Å². The molecule has 18 heavy (non-hydrogen) atoms. The topological polar surface area (TPSA) is 21.3 Å². The highest BCUT2D eigenvalue weighted by Gasteiger charge is 2.16. The fraction of sp³-hybridized carbons (Fsp3) is 0.600. The predicted molar refractivity (Wildman–Crippen MR) is 81.2 cm³/mol. The van der Waals surface area contributed by atoms with Crippen LogP contribution in [0.1, 0.15) is 45.2 Å². The summed E-state index contributed by atoms with van der Waals surface area (Å²) in [5, 5.41) is 3.57. The predicted octanol–water partition coefficient (Wildman–Crippen LogP) is 4.54. The molecule has 0 fully saturated rings. The summed E-state index contributed by atoms with van der Waals surface area (Å²) in [5.41, 5.74) is 1.29. The van der Waals surface area contributed by atoms with Gasteiger partial charge in [0.05, 0.1) is 7.11 Å². The molecule has 0 radical (unpaired) electrons. The lowest BCUT2D eigenvalue weighted by Crippen LogP contribution is -2.23. The number of hydrogen-bond acceptors (Lipinski definition) is 2. The molecule has 0 aliphatic heterocycles. The fourth-order valence-electron chi connectivity index (χ4n) is 2.05. The molecule has 0 bridgehead atoms. The lowest BCUT2D eigenvalue weighted by atomic mass is 9.94. The Hall–Kier alpha value is -0.540. The van der Waals surface area contributed by atoms with Gasteiger partial charge in [-0.1, -0.05) is 43.1 Å². The van der Waals surface area contributed by atoms with Crippen molar-refractivity contribution in [3.63, 3.8) is 0 Å². The Kier molecular flexibility index (Phi) is 6.72. The fourth-order valence-corrected chi connectivity index (χ4v) is 2.57. The molecule has 0 aliphatic carbocycles. The molecule has 0 aromatic heterocycles. The van der Waals surface area contributed by atoms with Gasteiger partial charge in [-0.05, 0) is 42.6 Å². The number of methoxy groups -OCH3 is 1. The van der Waals surface area contributed by atoms with Gasteiger partial charge in [-0.2, -0.15) is 0 Å². The van der Waals surface area contributed by atoms with Crippen molar-refractivity contribution in [3.05, 3.63) is 28.2 Å². The molecule has 0 aliphatic rings. The molecule has 0 saturated carbocycles. The lowest BCUT2D eigenvalue weighted by molar-refractivity contribution is 0.398. The number of hydrogen-bond donors (Lipinski definition) is 1.